The molecular weight excluding hydrogens is 250 g/mol. The zero-order valence-corrected chi connectivity index (χ0v) is 10.5. The van der Waals surface area contributed by atoms with Crippen LogP contribution in [0.25, 0.3) is 0 Å². The highest BCUT2D eigenvalue weighted by atomic mass is 16.5. The Hall–Kier alpha value is -2.57. The minimum Gasteiger partial charge on any atom is -0.493 e. The van der Waals surface area contributed by atoms with Gasteiger partial charge in [-0.3, -0.25) is 0 Å². The molecule has 0 spiro atoms. The summed E-state index contributed by atoms with van der Waals surface area (Å²) in [5.41, 5.74) is 0.133. The summed E-state index contributed by atoms with van der Waals surface area (Å²) < 4.78 is 12.4. The van der Waals surface area contributed by atoms with Crippen molar-refractivity contribution in [3.8, 4) is 11.5 Å². The van der Waals surface area contributed by atoms with Gasteiger partial charge in [-0.2, -0.15) is 0 Å². The van der Waals surface area contributed by atoms with Gasteiger partial charge in [0.15, 0.2) is 17.3 Å². The highest BCUT2D eigenvalue weighted by molar-refractivity contribution is 5.88. The Morgan fingerprint density at radius 3 is 2.79 bits per heavy atom. The number of benzene rings is 1. The lowest BCUT2D eigenvalue weighted by Gasteiger charge is -2.10. The van der Waals surface area contributed by atoms with Gasteiger partial charge in [0, 0.05) is 7.05 Å². The number of carboxylic acids is 1. The molecule has 0 bridgehead atoms. The Bertz CT molecular complexity index is 594. The molecule has 0 aliphatic carbocycles. The molecule has 7 nitrogen and oxygen atoms in total. The molecule has 2 aromatic rings. The molecule has 0 atom stereocenters. The third-order valence-corrected chi connectivity index (χ3v) is 2.57. The number of aromatic carboxylic acids is 1. The number of aromatic nitrogens is 3. The maximum Gasteiger partial charge on any atom is 0.335 e. The average Bonchev–Trinajstić information content (AvgIpc) is 2.81. The second-order valence-corrected chi connectivity index (χ2v) is 3.82. The number of carboxylic acid groups (broad SMARTS) is 1. The second kappa shape index (κ2) is 5.38. The van der Waals surface area contributed by atoms with Crippen molar-refractivity contribution in [2.75, 3.05) is 7.11 Å². The van der Waals surface area contributed by atoms with Crippen molar-refractivity contribution < 1.29 is 19.4 Å². The highest BCUT2D eigenvalue weighted by Crippen LogP contribution is 2.28. The van der Waals surface area contributed by atoms with Gasteiger partial charge >= 0.3 is 5.97 Å². The SMILES string of the molecule is COc1ccc(C(=O)O)cc1OCc1nncn1C. The molecule has 7 heteroatoms. The van der Waals surface area contributed by atoms with Crippen LogP contribution in [0.1, 0.15) is 16.2 Å². The lowest BCUT2D eigenvalue weighted by molar-refractivity contribution is 0.0696. The molecule has 1 aromatic carbocycles. The van der Waals surface area contributed by atoms with E-state index in [4.69, 9.17) is 14.6 Å². The van der Waals surface area contributed by atoms with Gasteiger partial charge in [0.1, 0.15) is 12.9 Å². The van der Waals surface area contributed by atoms with E-state index < -0.39 is 5.97 Å². The fraction of sp³-hybridized carbons (Fsp3) is 0.250. The van der Waals surface area contributed by atoms with Crippen molar-refractivity contribution in [2.24, 2.45) is 7.05 Å². The minimum atomic E-state index is -1.02. The first kappa shape index (κ1) is 12.9. The summed E-state index contributed by atoms with van der Waals surface area (Å²) in [7, 11) is 3.29. The molecule has 1 N–H and O–H groups in total. The summed E-state index contributed by atoms with van der Waals surface area (Å²) in [5.74, 6) is 0.423. The number of hydrogen-bond acceptors (Lipinski definition) is 5. The van der Waals surface area contributed by atoms with Gasteiger partial charge in [0.2, 0.25) is 0 Å². The highest BCUT2D eigenvalue weighted by Gasteiger charge is 2.11. The Labute approximate surface area is 109 Å². The molecule has 0 saturated heterocycles. The van der Waals surface area contributed by atoms with Crippen LogP contribution in [-0.2, 0) is 13.7 Å². The van der Waals surface area contributed by atoms with E-state index in [-0.39, 0.29) is 12.2 Å². The van der Waals surface area contributed by atoms with E-state index in [2.05, 4.69) is 10.2 Å². The number of methoxy groups -OCH3 is 1. The zero-order chi connectivity index (χ0) is 13.8. The van der Waals surface area contributed by atoms with Crippen molar-refractivity contribution in [3.63, 3.8) is 0 Å². The third kappa shape index (κ3) is 2.82. The third-order valence-electron chi connectivity index (χ3n) is 2.57. The number of ether oxygens (including phenoxy) is 2. The topological polar surface area (TPSA) is 86.5 Å². The summed E-state index contributed by atoms with van der Waals surface area (Å²) in [4.78, 5) is 10.9. The predicted molar refractivity (Wildman–Crippen MR) is 65.3 cm³/mol. The van der Waals surface area contributed by atoms with Crippen LogP contribution in [0.3, 0.4) is 0 Å². The first-order chi connectivity index (χ1) is 9.11. The van der Waals surface area contributed by atoms with E-state index in [1.165, 1.54) is 19.2 Å². The number of nitrogens with zero attached hydrogens (tertiary/aromatic N) is 3. The van der Waals surface area contributed by atoms with Crippen molar-refractivity contribution in [2.45, 2.75) is 6.61 Å². The van der Waals surface area contributed by atoms with E-state index in [1.807, 2.05) is 0 Å². The molecule has 0 unspecified atom stereocenters. The number of rotatable bonds is 5. The largest absolute Gasteiger partial charge is 0.493 e. The van der Waals surface area contributed by atoms with Gasteiger partial charge in [0.05, 0.1) is 12.7 Å². The van der Waals surface area contributed by atoms with Crippen LogP contribution in [0.2, 0.25) is 0 Å². The van der Waals surface area contributed by atoms with Crippen LogP contribution < -0.4 is 9.47 Å². The van der Waals surface area contributed by atoms with Gasteiger partial charge in [-0.15, -0.1) is 10.2 Å². The molecule has 1 heterocycles. The minimum absolute atomic E-state index is 0.133. The fourth-order valence-electron chi connectivity index (χ4n) is 1.50. The Morgan fingerprint density at radius 2 is 2.21 bits per heavy atom. The van der Waals surface area contributed by atoms with E-state index in [1.54, 1.807) is 24.0 Å². The van der Waals surface area contributed by atoms with E-state index in [0.717, 1.165) is 0 Å². The lowest BCUT2D eigenvalue weighted by Crippen LogP contribution is -2.05. The van der Waals surface area contributed by atoms with Gasteiger partial charge in [0.25, 0.3) is 0 Å². The smallest absolute Gasteiger partial charge is 0.335 e. The molecule has 0 amide bonds. The van der Waals surface area contributed by atoms with E-state index in [0.29, 0.717) is 17.3 Å². The van der Waals surface area contributed by atoms with Crippen LogP contribution >= 0.6 is 0 Å². The number of aryl methyl sites for hydroxylation is 1. The van der Waals surface area contributed by atoms with E-state index >= 15 is 0 Å². The Kier molecular flexibility index (Phi) is 3.65. The van der Waals surface area contributed by atoms with Gasteiger partial charge in [-0.05, 0) is 18.2 Å². The molecule has 100 valence electrons. The van der Waals surface area contributed by atoms with Gasteiger partial charge in [-0.1, -0.05) is 0 Å². The van der Waals surface area contributed by atoms with Gasteiger partial charge < -0.3 is 19.1 Å². The summed E-state index contributed by atoms with van der Waals surface area (Å²) in [6.07, 6.45) is 1.56. The normalized spacial score (nSPS) is 10.2. The molecule has 0 radical (unpaired) electrons. The van der Waals surface area contributed by atoms with Crippen LogP contribution in [0.15, 0.2) is 24.5 Å². The van der Waals surface area contributed by atoms with Crippen LogP contribution in [0.5, 0.6) is 11.5 Å². The predicted octanol–water partition coefficient (Wildman–Crippen LogP) is 1.10. The maximum atomic E-state index is 10.9. The summed E-state index contributed by atoms with van der Waals surface area (Å²) in [5, 5.41) is 16.6. The van der Waals surface area contributed by atoms with Crippen molar-refractivity contribution in [1.82, 2.24) is 14.8 Å². The second-order valence-electron chi connectivity index (χ2n) is 3.82. The van der Waals surface area contributed by atoms with Crippen LogP contribution in [0, 0.1) is 0 Å². The molecule has 2 rings (SSSR count). The monoisotopic (exact) mass is 263 g/mol. The van der Waals surface area contributed by atoms with Crippen molar-refractivity contribution in [3.05, 3.63) is 35.9 Å². The summed E-state index contributed by atoms with van der Waals surface area (Å²) in [6.45, 7) is 0.177. The van der Waals surface area contributed by atoms with Crippen LogP contribution in [-0.4, -0.2) is 33.0 Å². The molecule has 1 aromatic heterocycles. The molecule has 0 aliphatic rings. The fourth-order valence-corrected chi connectivity index (χ4v) is 1.50. The Balaban J connectivity index is 2.20. The molecule has 0 aliphatic heterocycles. The molecule has 19 heavy (non-hydrogen) atoms. The standard InChI is InChI=1S/C12H13N3O4/c1-15-7-13-14-11(15)6-19-10-5-8(12(16)17)3-4-9(10)18-2/h3-5,7H,6H2,1-2H3,(H,16,17). The first-order valence-electron chi connectivity index (χ1n) is 5.49. The van der Waals surface area contributed by atoms with Crippen LogP contribution in [0.4, 0.5) is 0 Å². The Morgan fingerprint density at radius 1 is 1.42 bits per heavy atom. The van der Waals surface area contributed by atoms with Crippen molar-refractivity contribution >= 4 is 5.97 Å². The lowest BCUT2D eigenvalue weighted by atomic mass is 10.2. The summed E-state index contributed by atoms with van der Waals surface area (Å²) in [6, 6.07) is 4.42. The quantitative estimate of drug-likeness (QED) is 0.869. The molecule has 0 fully saturated rings. The van der Waals surface area contributed by atoms with Gasteiger partial charge in [-0.25, -0.2) is 4.79 Å². The average molecular weight is 263 g/mol. The number of carbonyl (C=O) groups is 1. The maximum absolute atomic E-state index is 10.9. The molecular formula is C12H13N3O4. The molecule has 0 saturated carbocycles. The van der Waals surface area contributed by atoms with E-state index in [9.17, 15) is 4.79 Å². The number of hydrogen-bond donors (Lipinski definition) is 1. The first-order valence-corrected chi connectivity index (χ1v) is 5.49. The zero-order valence-electron chi connectivity index (χ0n) is 10.5. The summed E-state index contributed by atoms with van der Waals surface area (Å²) >= 11 is 0. The van der Waals surface area contributed by atoms with Crippen molar-refractivity contribution in [1.29, 1.82) is 0 Å².